The van der Waals surface area contributed by atoms with Crippen molar-refractivity contribution in [3.8, 4) is 0 Å². The van der Waals surface area contributed by atoms with Gasteiger partial charge < -0.3 is 10.2 Å². The van der Waals surface area contributed by atoms with Gasteiger partial charge >= 0.3 is 0 Å². The van der Waals surface area contributed by atoms with Crippen LogP contribution >= 0.6 is 23.2 Å². The molecule has 122 valence electrons. The predicted molar refractivity (Wildman–Crippen MR) is 99.2 cm³/mol. The summed E-state index contributed by atoms with van der Waals surface area (Å²) in [5.74, 6) is -0.206. The first-order valence-corrected chi connectivity index (χ1v) is 8.33. The zero-order valence-electron chi connectivity index (χ0n) is 13.5. The fourth-order valence-electron chi connectivity index (χ4n) is 2.41. The summed E-state index contributed by atoms with van der Waals surface area (Å²) < 4.78 is 0. The fourth-order valence-corrected chi connectivity index (χ4v) is 2.70. The van der Waals surface area contributed by atoms with E-state index in [0.717, 1.165) is 30.0 Å². The van der Waals surface area contributed by atoms with E-state index >= 15 is 0 Å². The van der Waals surface area contributed by atoms with E-state index in [4.69, 9.17) is 23.2 Å². The molecule has 0 fully saturated rings. The fraction of sp³-hybridized carbons (Fsp3) is 0.278. The van der Waals surface area contributed by atoms with Crippen LogP contribution in [-0.4, -0.2) is 19.0 Å². The van der Waals surface area contributed by atoms with Gasteiger partial charge in [-0.15, -0.1) is 0 Å². The van der Waals surface area contributed by atoms with Crippen LogP contribution in [0.1, 0.15) is 29.8 Å². The Morgan fingerprint density at radius 2 is 1.74 bits per heavy atom. The van der Waals surface area contributed by atoms with Crippen LogP contribution in [0.3, 0.4) is 0 Å². The summed E-state index contributed by atoms with van der Waals surface area (Å²) in [7, 11) is 0. The molecule has 0 heterocycles. The van der Waals surface area contributed by atoms with E-state index in [0.29, 0.717) is 15.6 Å². The molecule has 23 heavy (non-hydrogen) atoms. The van der Waals surface area contributed by atoms with Gasteiger partial charge in [0, 0.05) is 30.0 Å². The summed E-state index contributed by atoms with van der Waals surface area (Å²) >= 11 is 11.8. The highest BCUT2D eigenvalue weighted by Crippen LogP contribution is 2.25. The molecule has 0 aromatic heterocycles. The van der Waals surface area contributed by atoms with Crippen LogP contribution in [0.2, 0.25) is 10.0 Å². The van der Waals surface area contributed by atoms with Gasteiger partial charge in [0.2, 0.25) is 0 Å². The molecule has 5 heteroatoms. The molecule has 1 N–H and O–H groups in total. The van der Waals surface area contributed by atoms with Crippen LogP contribution in [0.4, 0.5) is 11.4 Å². The van der Waals surface area contributed by atoms with Crippen molar-refractivity contribution < 1.29 is 4.79 Å². The second-order valence-corrected chi connectivity index (χ2v) is 6.07. The molecule has 0 saturated heterocycles. The third kappa shape index (κ3) is 4.18. The molecular weight excluding hydrogens is 331 g/mol. The van der Waals surface area contributed by atoms with E-state index in [9.17, 15) is 4.79 Å². The summed E-state index contributed by atoms with van der Waals surface area (Å²) in [5.41, 5.74) is 3.44. The normalized spacial score (nSPS) is 10.5. The lowest BCUT2D eigenvalue weighted by Gasteiger charge is -2.22. The molecule has 3 nitrogen and oxygen atoms in total. The van der Waals surface area contributed by atoms with Crippen LogP contribution in [0.5, 0.6) is 0 Å². The molecule has 1 amide bonds. The number of anilines is 2. The van der Waals surface area contributed by atoms with Gasteiger partial charge in [-0.05, 0) is 62.7 Å². The van der Waals surface area contributed by atoms with Gasteiger partial charge in [0.05, 0.1) is 10.0 Å². The van der Waals surface area contributed by atoms with E-state index in [-0.39, 0.29) is 5.91 Å². The van der Waals surface area contributed by atoms with Crippen molar-refractivity contribution in [1.82, 2.24) is 0 Å². The molecule has 0 atom stereocenters. The van der Waals surface area contributed by atoms with E-state index in [1.165, 1.54) is 0 Å². The van der Waals surface area contributed by atoms with Crippen molar-refractivity contribution in [2.24, 2.45) is 0 Å². The van der Waals surface area contributed by atoms with Crippen LogP contribution in [0.15, 0.2) is 36.4 Å². The van der Waals surface area contributed by atoms with Crippen molar-refractivity contribution in [2.45, 2.75) is 20.8 Å². The standard InChI is InChI=1S/C18H20Cl2N2O/c1-4-22(5-2)14-7-9-17(12(3)10-14)21-18(23)13-6-8-15(19)16(20)11-13/h6-11H,4-5H2,1-3H3,(H,21,23). The number of nitrogens with zero attached hydrogens (tertiary/aromatic N) is 1. The first kappa shape index (κ1) is 17.6. The van der Waals surface area contributed by atoms with Gasteiger partial charge in [-0.1, -0.05) is 23.2 Å². The Hall–Kier alpha value is -1.71. The molecule has 0 aliphatic heterocycles. The lowest BCUT2D eigenvalue weighted by Crippen LogP contribution is -2.22. The maximum absolute atomic E-state index is 12.3. The number of amides is 1. The molecule has 2 rings (SSSR count). The van der Waals surface area contributed by atoms with Crippen LogP contribution in [-0.2, 0) is 0 Å². The molecule has 0 aliphatic carbocycles. The SMILES string of the molecule is CCN(CC)c1ccc(NC(=O)c2ccc(Cl)c(Cl)c2)c(C)c1. The molecule has 0 spiro atoms. The Labute approximate surface area is 147 Å². The van der Waals surface area contributed by atoms with Crippen molar-refractivity contribution >= 4 is 40.5 Å². The average Bonchev–Trinajstić information content (AvgIpc) is 2.53. The molecule has 2 aromatic carbocycles. The minimum absolute atomic E-state index is 0.206. The minimum atomic E-state index is -0.206. The topological polar surface area (TPSA) is 32.3 Å². The van der Waals surface area contributed by atoms with Crippen molar-refractivity contribution in [2.75, 3.05) is 23.3 Å². The lowest BCUT2D eigenvalue weighted by molar-refractivity contribution is 0.102. The van der Waals surface area contributed by atoms with Gasteiger partial charge in [-0.2, -0.15) is 0 Å². The second-order valence-electron chi connectivity index (χ2n) is 5.25. The number of halogens is 2. The number of aryl methyl sites for hydroxylation is 1. The third-order valence-electron chi connectivity index (χ3n) is 3.77. The highest BCUT2D eigenvalue weighted by molar-refractivity contribution is 6.42. The Kier molecular flexibility index (Phi) is 5.91. The Morgan fingerprint density at radius 1 is 1.04 bits per heavy atom. The summed E-state index contributed by atoms with van der Waals surface area (Å²) in [6, 6.07) is 10.9. The van der Waals surface area contributed by atoms with E-state index < -0.39 is 0 Å². The van der Waals surface area contributed by atoms with Gasteiger partial charge in [-0.3, -0.25) is 4.79 Å². The highest BCUT2D eigenvalue weighted by Gasteiger charge is 2.11. The van der Waals surface area contributed by atoms with E-state index in [1.807, 2.05) is 19.1 Å². The molecule has 0 radical (unpaired) electrons. The summed E-state index contributed by atoms with van der Waals surface area (Å²) in [6.07, 6.45) is 0. The zero-order chi connectivity index (χ0) is 17.0. The quantitative estimate of drug-likeness (QED) is 0.782. The molecule has 0 unspecified atom stereocenters. The maximum atomic E-state index is 12.3. The Balaban J connectivity index is 2.19. The number of carbonyl (C=O) groups is 1. The minimum Gasteiger partial charge on any atom is -0.372 e. The zero-order valence-corrected chi connectivity index (χ0v) is 15.0. The van der Waals surface area contributed by atoms with Crippen LogP contribution in [0.25, 0.3) is 0 Å². The number of carbonyl (C=O) groups excluding carboxylic acids is 1. The first-order chi connectivity index (χ1) is 11.0. The van der Waals surface area contributed by atoms with Crippen molar-refractivity contribution in [3.63, 3.8) is 0 Å². The monoisotopic (exact) mass is 350 g/mol. The summed E-state index contributed by atoms with van der Waals surface area (Å²) in [4.78, 5) is 14.6. The molecular formula is C18H20Cl2N2O. The molecule has 0 aliphatic rings. The second kappa shape index (κ2) is 7.71. The van der Waals surface area contributed by atoms with Gasteiger partial charge in [0.25, 0.3) is 5.91 Å². The number of hydrogen-bond acceptors (Lipinski definition) is 2. The molecule has 0 saturated carbocycles. The number of nitrogens with one attached hydrogen (secondary N) is 1. The average molecular weight is 351 g/mol. The highest BCUT2D eigenvalue weighted by atomic mass is 35.5. The van der Waals surface area contributed by atoms with Gasteiger partial charge in [0.15, 0.2) is 0 Å². The molecule has 0 bridgehead atoms. The van der Waals surface area contributed by atoms with Gasteiger partial charge in [-0.25, -0.2) is 0 Å². The smallest absolute Gasteiger partial charge is 0.255 e. The van der Waals surface area contributed by atoms with Gasteiger partial charge in [0.1, 0.15) is 0 Å². The lowest BCUT2D eigenvalue weighted by atomic mass is 10.1. The number of rotatable bonds is 5. The molecule has 2 aromatic rings. The number of hydrogen-bond donors (Lipinski definition) is 1. The van der Waals surface area contributed by atoms with Crippen molar-refractivity contribution in [3.05, 3.63) is 57.6 Å². The predicted octanol–water partition coefficient (Wildman–Crippen LogP) is 5.40. The first-order valence-electron chi connectivity index (χ1n) is 7.58. The summed E-state index contributed by atoms with van der Waals surface area (Å²) in [6.45, 7) is 8.13. The van der Waals surface area contributed by atoms with Crippen LogP contribution < -0.4 is 10.2 Å². The van der Waals surface area contributed by atoms with E-state index in [2.05, 4.69) is 30.1 Å². The largest absolute Gasteiger partial charge is 0.372 e. The Bertz CT molecular complexity index is 712. The number of benzene rings is 2. The maximum Gasteiger partial charge on any atom is 0.255 e. The van der Waals surface area contributed by atoms with E-state index in [1.54, 1.807) is 18.2 Å². The van der Waals surface area contributed by atoms with Crippen LogP contribution in [0, 0.1) is 6.92 Å². The summed E-state index contributed by atoms with van der Waals surface area (Å²) in [5, 5.41) is 3.72. The third-order valence-corrected chi connectivity index (χ3v) is 4.51. The van der Waals surface area contributed by atoms with Crippen molar-refractivity contribution in [1.29, 1.82) is 0 Å². The Morgan fingerprint density at radius 3 is 2.30 bits per heavy atom.